The van der Waals surface area contributed by atoms with Crippen LogP contribution < -0.4 is 4.72 Å². The van der Waals surface area contributed by atoms with Crippen molar-refractivity contribution in [2.24, 2.45) is 0 Å². The van der Waals surface area contributed by atoms with Crippen molar-refractivity contribution in [3.8, 4) is 0 Å². The van der Waals surface area contributed by atoms with E-state index in [1.807, 2.05) is 0 Å². The Morgan fingerprint density at radius 3 is 2.20 bits per heavy atom. The van der Waals surface area contributed by atoms with Crippen molar-refractivity contribution in [1.29, 1.82) is 0 Å². The van der Waals surface area contributed by atoms with E-state index in [0.717, 1.165) is 19.3 Å². The molecule has 0 amide bonds. The van der Waals surface area contributed by atoms with Crippen LogP contribution >= 0.6 is 23.2 Å². The number of sulfonamides is 1. The molecule has 1 fully saturated rings. The Morgan fingerprint density at radius 2 is 1.80 bits per heavy atom. The van der Waals surface area contributed by atoms with E-state index in [-0.39, 0.29) is 21.5 Å². The highest BCUT2D eigenvalue weighted by Crippen LogP contribution is 2.36. The summed E-state index contributed by atoms with van der Waals surface area (Å²) in [7, 11) is -4.76. The van der Waals surface area contributed by atoms with E-state index >= 15 is 0 Å². The van der Waals surface area contributed by atoms with Crippen LogP contribution in [0.2, 0.25) is 10.0 Å². The number of rotatable bonds is 5. The standard InChI is InChI=1S/C12H15Cl2NO3S2/c1-19(16)12(3-2-4-12)8-15-20(17,18)11-6-9(13)5-10(14)7-11/h5-7,15H,2-4,8H2,1H3. The van der Waals surface area contributed by atoms with Gasteiger partial charge in [-0.05, 0) is 31.0 Å². The molecule has 1 atom stereocenters. The van der Waals surface area contributed by atoms with Gasteiger partial charge in [0.1, 0.15) is 0 Å². The van der Waals surface area contributed by atoms with Crippen LogP contribution in [0.5, 0.6) is 0 Å². The maximum absolute atomic E-state index is 12.2. The smallest absolute Gasteiger partial charge is 0.240 e. The molecule has 1 unspecified atom stereocenters. The van der Waals surface area contributed by atoms with E-state index in [1.54, 1.807) is 6.26 Å². The van der Waals surface area contributed by atoms with Crippen molar-refractivity contribution in [3.63, 3.8) is 0 Å². The molecule has 8 heteroatoms. The Bertz CT molecular complexity index is 622. The van der Waals surface area contributed by atoms with Crippen LogP contribution in [-0.4, -0.2) is 30.2 Å². The van der Waals surface area contributed by atoms with Crippen molar-refractivity contribution in [1.82, 2.24) is 4.72 Å². The predicted molar refractivity (Wildman–Crippen MR) is 82.3 cm³/mol. The lowest BCUT2D eigenvalue weighted by Crippen LogP contribution is -2.50. The molecule has 2 rings (SSSR count). The summed E-state index contributed by atoms with van der Waals surface area (Å²) in [4.78, 5) is 0.0198. The van der Waals surface area contributed by atoms with Gasteiger partial charge in [-0.3, -0.25) is 4.21 Å². The highest BCUT2D eigenvalue weighted by molar-refractivity contribution is 7.89. The van der Waals surface area contributed by atoms with Crippen molar-refractivity contribution in [3.05, 3.63) is 28.2 Å². The molecule has 112 valence electrons. The first-order valence-corrected chi connectivity index (χ1v) is 9.84. The van der Waals surface area contributed by atoms with E-state index in [4.69, 9.17) is 23.2 Å². The van der Waals surface area contributed by atoms with Gasteiger partial charge in [-0.25, -0.2) is 13.1 Å². The minimum absolute atomic E-state index is 0.0198. The van der Waals surface area contributed by atoms with Crippen LogP contribution in [-0.2, 0) is 20.8 Å². The molecule has 20 heavy (non-hydrogen) atoms. The van der Waals surface area contributed by atoms with Gasteiger partial charge < -0.3 is 0 Å². The minimum atomic E-state index is -3.70. The minimum Gasteiger partial charge on any atom is -0.259 e. The molecule has 0 bridgehead atoms. The third kappa shape index (κ3) is 3.36. The average molecular weight is 356 g/mol. The summed E-state index contributed by atoms with van der Waals surface area (Å²) in [6.45, 7) is 0.169. The molecule has 0 aromatic heterocycles. The molecular weight excluding hydrogens is 341 g/mol. The molecule has 0 saturated heterocycles. The molecule has 1 aliphatic carbocycles. The van der Waals surface area contributed by atoms with Gasteiger partial charge in [0.2, 0.25) is 10.0 Å². The number of hydrogen-bond acceptors (Lipinski definition) is 3. The second-order valence-electron chi connectivity index (χ2n) is 4.92. The van der Waals surface area contributed by atoms with E-state index in [2.05, 4.69) is 4.72 Å². The summed E-state index contributed by atoms with van der Waals surface area (Å²) in [5, 5.41) is 0.519. The molecule has 0 radical (unpaired) electrons. The monoisotopic (exact) mass is 355 g/mol. The van der Waals surface area contributed by atoms with Crippen LogP contribution in [0.1, 0.15) is 19.3 Å². The largest absolute Gasteiger partial charge is 0.259 e. The van der Waals surface area contributed by atoms with Crippen LogP contribution in [0.3, 0.4) is 0 Å². The fraction of sp³-hybridized carbons (Fsp3) is 0.500. The SMILES string of the molecule is CS(=O)C1(CNS(=O)(=O)c2cc(Cl)cc(Cl)c2)CCC1. The lowest BCUT2D eigenvalue weighted by Gasteiger charge is -2.39. The van der Waals surface area contributed by atoms with Crippen molar-refractivity contribution < 1.29 is 12.6 Å². The van der Waals surface area contributed by atoms with Gasteiger partial charge in [-0.15, -0.1) is 0 Å². The topological polar surface area (TPSA) is 63.2 Å². The summed E-state index contributed by atoms with van der Waals surface area (Å²) >= 11 is 11.6. The number of nitrogens with one attached hydrogen (secondary N) is 1. The zero-order chi connectivity index (χ0) is 15.0. The molecular formula is C12H15Cl2NO3S2. The van der Waals surface area contributed by atoms with Crippen molar-refractivity contribution in [2.45, 2.75) is 28.9 Å². The van der Waals surface area contributed by atoms with Crippen LogP contribution in [0.15, 0.2) is 23.1 Å². The van der Waals surface area contributed by atoms with Gasteiger partial charge in [-0.1, -0.05) is 29.6 Å². The molecule has 1 N–H and O–H groups in total. The third-order valence-electron chi connectivity index (χ3n) is 3.61. The Kier molecular flexibility index (Phi) is 4.81. The maximum atomic E-state index is 12.2. The highest BCUT2D eigenvalue weighted by Gasteiger charge is 2.41. The first-order chi connectivity index (χ1) is 9.25. The maximum Gasteiger partial charge on any atom is 0.240 e. The second-order valence-corrected chi connectivity index (χ2v) is 9.33. The molecule has 0 heterocycles. The lowest BCUT2D eigenvalue weighted by molar-refractivity contribution is 0.351. The fourth-order valence-electron chi connectivity index (χ4n) is 2.13. The lowest BCUT2D eigenvalue weighted by atomic mass is 9.84. The van der Waals surface area contributed by atoms with Gasteiger partial charge in [0.05, 0.1) is 9.64 Å². The third-order valence-corrected chi connectivity index (χ3v) is 7.19. The van der Waals surface area contributed by atoms with E-state index in [1.165, 1.54) is 18.2 Å². The van der Waals surface area contributed by atoms with Gasteiger partial charge in [0.25, 0.3) is 0 Å². The fourth-order valence-corrected chi connectivity index (χ4v) is 5.21. The molecule has 0 spiro atoms. The molecule has 0 aliphatic heterocycles. The van der Waals surface area contributed by atoms with Gasteiger partial charge >= 0.3 is 0 Å². The summed E-state index contributed by atoms with van der Waals surface area (Å²) < 4.78 is 38.3. The highest BCUT2D eigenvalue weighted by atomic mass is 35.5. The van der Waals surface area contributed by atoms with E-state index in [0.29, 0.717) is 0 Å². The molecule has 4 nitrogen and oxygen atoms in total. The van der Waals surface area contributed by atoms with Crippen LogP contribution in [0.4, 0.5) is 0 Å². The summed E-state index contributed by atoms with van der Waals surface area (Å²) in [5.41, 5.74) is 0. The number of halogens is 2. The van der Waals surface area contributed by atoms with Gasteiger partial charge in [-0.2, -0.15) is 0 Å². The number of benzene rings is 1. The second kappa shape index (κ2) is 5.93. The van der Waals surface area contributed by atoms with Gasteiger partial charge in [0.15, 0.2) is 0 Å². The van der Waals surface area contributed by atoms with Crippen molar-refractivity contribution in [2.75, 3.05) is 12.8 Å². The normalized spacial score (nSPS) is 19.4. The van der Waals surface area contributed by atoms with Crippen LogP contribution in [0.25, 0.3) is 0 Å². The summed E-state index contributed by atoms with van der Waals surface area (Å²) in [5.74, 6) is 0. The molecule has 1 aliphatic rings. The zero-order valence-corrected chi connectivity index (χ0v) is 14.0. The first-order valence-electron chi connectivity index (χ1n) is 6.04. The van der Waals surface area contributed by atoms with Crippen LogP contribution in [0, 0.1) is 0 Å². The molecule has 1 saturated carbocycles. The summed E-state index contributed by atoms with van der Waals surface area (Å²) in [6, 6.07) is 4.15. The Morgan fingerprint density at radius 1 is 1.25 bits per heavy atom. The Balaban J connectivity index is 2.17. The quantitative estimate of drug-likeness (QED) is 0.882. The average Bonchev–Trinajstić information content (AvgIpc) is 2.25. The van der Waals surface area contributed by atoms with E-state index in [9.17, 15) is 12.6 Å². The zero-order valence-electron chi connectivity index (χ0n) is 10.9. The molecule has 1 aromatic carbocycles. The van der Waals surface area contributed by atoms with Crippen molar-refractivity contribution >= 4 is 44.0 Å². The first kappa shape index (κ1) is 16.2. The predicted octanol–water partition coefficient (Wildman–Crippen LogP) is 2.57. The Labute approximate surface area is 131 Å². The Hall–Kier alpha value is -0.140. The van der Waals surface area contributed by atoms with E-state index < -0.39 is 25.6 Å². The summed E-state index contributed by atoms with van der Waals surface area (Å²) in [6.07, 6.45) is 4.14. The molecule has 1 aromatic rings. The van der Waals surface area contributed by atoms with Gasteiger partial charge in [0, 0.05) is 33.6 Å². The number of hydrogen-bond donors (Lipinski definition) is 1.